The van der Waals surface area contributed by atoms with Crippen molar-refractivity contribution in [3.63, 3.8) is 0 Å². The Morgan fingerprint density at radius 2 is 1.96 bits per heavy atom. The van der Waals surface area contributed by atoms with E-state index >= 15 is 0 Å². The van der Waals surface area contributed by atoms with Gasteiger partial charge in [-0.15, -0.1) is 18.2 Å². The number of carbonyl (C=O) groups excluding carboxylic acids is 2. The van der Waals surface area contributed by atoms with E-state index in [1.54, 1.807) is 0 Å². The molecule has 1 aromatic carbocycles. The lowest BCUT2D eigenvalue weighted by atomic mass is 9.92. The van der Waals surface area contributed by atoms with Crippen LogP contribution >= 0.6 is 23.1 Å². The first-order valence-corrected chi connectivity index (χ1v) is 11.4. The third kappa shape index (κ3) is 5.06. The first-order valence-electron chi connectivity index (χ1n) is 9.42. The van der Waals surface area contributed by atoms with Crippen molar-refractivity contribution in [1.29, 1.82) is 0 Å². The lowest BCUT2D eigenvalue weighted by Crippen LogP contribution is -2.43. The number of hydrogen-bond donors (Lipinski definition) is 0. The molecule has 0 unspecified atom stereocenters. The first-order chi connectivity index (χ1) is 13.5. The number of fused-ring (bicyclic) bond motifs is 1. The zero-order valence-electron chi connectivity index (χ0n) is 16.3. The van der Waals surface area contributed by atoms with Crippen molar-refractivity contribution in [2.75, 3.05) is 24.6 Å². The van der Waals surface area contributed by atoms with E-state index in [4.69, 9.17) is 6.42 Å². The summed E-state index contributed by atoms with van der Waals surface area (Å²) in [5, 5.41) is 0. The Labute approximate surface area is 173 Å². The van der Waals surface area contributed by atoms with Gasteiger partial charge in [-0.05, 0) is 30.4 Å². The predicted octanol–water partition coefficient (Wildman–Crippen LogP) is 3.00. The van der Waals surface area contributed by atoms with Crippen LogP contribution in [0.3, 0.4) is 0 Å². The molecule has 0 bridgehead atoms. The van der Waals surface area contributed by atoms with Crippen molar-refractivity contribution in [2.45, 2.75) is 26.8 Å². The van der Waals surface area contributed by atoms with E-state index in [0.29, 0.717) is 28.9 Å². The number of hydrogen-bond acceptors (Lipinski definition) is 4. The number of piperidine rings is 1. The third-order valence-corrected chi connectivity index (χ3v) is 6.69. The molecule has 1 aliphatic rings. The van der Waals surface area contributed by atoms with E-state index in [0.717, 1.165) is 23.3 Å². The van der Waals surface area contributed by atoms with Crippen LogP contribution in [0.25, 0.3) is 10.2 Å². The highest BCUT2D eigenvalue weighted by Crippen LogP contribution is 2.21. The monoisotopic (exact) mass is 415 g/mol. The van der Waals surface area contributed by atoms with Gasteiger partial charge >= 0.3 is 0 Å². The summed E-state index contributed by atoms with van der Waals surface area (Å²) in [5.74, 6) is 4.07. The number of terminal acetylenes is 1. The van der Waals surface area contributed by atoms with Crippen LogP contribution in [0, 0.1) is 24.2 Å². The smallest absolute Gasteiger partial charge is 0.258 e. The molecule has 1 aliphatic heterocycles. The maximum absolute atomic E-state index is 12.4. The molecular weight excluding hydrogens is 390 g/mol. The number of carbonyl (C=O) groups is 2. The summed E-state index contributed by atoms with van der Waals surface area (Å²) >= 11 is 2.78. The maximum Gasteiger partial charge on any atom is 0.258 e. The van der Waals surface area contributed by atoms with Crippen LogP contribution in [-0.2, 0) is 16.1 Å². The Balaban J connectivity index is 1.61. The van der Waals surface area contributed by atoms with Crippen LogP contribution in [0.2, 0.25) is 0 Å². The number of benzene rings is 1. The highest BCUT2D eigenvalue weighted by Gasteiger charge is 2.25. The zero-order valence-corrected chi connectivity index (χ0v) is 17.9. The van der Waals surface area contributed by atoms with Crippen LogP contribution in [-0.4, -0.2) is 45.9 Å². The number of likely N-dealkylation sites (tertiary alicyclic amines) is 1. The van der Waals surface area contributed by atoms with Gasteiger partial charge in [-0.25, -0.2) is 0 Å². The van der Waals surface area contributed by atoms with Gasteiger partial charge in [0.05, 0.1) is 28.3 Å². The summed E-state index contributed by atoms with van der Waals surface area (Å²) in [4.78, 5) is 31.5. The number of aromatic nitrogens is 1. The van der Waals surface area contributed by atoms with Crippen LogP contribution in [0.1, 0.15) is 20.3 Å². The van der Waals surface area contributed by atoms with Gasteiger partial charge in [0.1, 0.15) is 0 Å². The Bertz CT molecular complexity index is 960. The van der Waals surface area contributed by atoms with Crippen molar-refractivity contribution < 1.29 is 9.59 Å². The van der Waals surface area contributed by atoms with E-state index in [-0.39, 0.29) is 17.6 Å². The molecule has 2 heterocycles. The standard InChI is InChI=1S/C21H25N3O2S2/c1-4-9-24-17-7-5-6-8-18(17)28-21(24)22-19(25)13-27-14-20(26)23-11-15(2)10-16(3)12-23/h1,5-8,15-16H,9-14H2,2-3H3/t15-,16-/m0/s1. The molecule has 1 saturated heterocycles. The van der Waals surface area contributed by atoms with Crippen LogP contribution in [0.5, 0.6) is 0 Å². The number of thiazole rings is 1. The van der Waals surface area contributed by atoms with Gasteiger partial charge in [0.15, 0.2) is 4.80 Å². The minimum atomic E-state index is -0.240. The number of nitrogens with zero attached hydrogens (tertiary/aromatic N) is 3. The number of thioether (sulfide) groups is 1. The Kier molecular flexibility index (Phi) is 6.97. The molecule has 0 radical (unpaired) electrons. The molecule has 1 fully saturated rings. The average Bonchev–Trinajstić information content (AvgIpc) is 2.98. The van der Waals surface area contributed by atoms with Crippen molar-refractivity contribution in [3.8, 4) is 12.3 Å². The van der Waals surface area contributed by atoms with Crippen LogP contribution in [0.4, 0.5) is 0 Å². The molecule has 3 rings (SSSR count). The Hall–Kier alpha value is -2.04. The summed E-state index contributed by atoms with van der Waals surface area (Å²) in [6.45, 7) is 6.36. The minimum absolute atomic E-state index is 0.112. The van der Waals surface area contributed by atoms with E-state index in [2.05, 4.69) is 24.8 Å². The number of amides is 2. The minimum Gasteiger partial charge on any atom is -0.341 e. The van der Waals surface area contributed by atoms with Crippen LogP contribution < -0.4 is 4.80 Å². The normalized spacial score (nSPS) is 20.3. The molecular formula is C21H25N3O2S2. The van der Waals surface area contributed by atoms with Gasteiger partial charge in [0.25, 0.3) is 5.91 Å². The summed E-state index contributed by atoms with van der Waals surface area (Å²) in [6, 6.07) is 7.86. The molecule has 0 N–H and O–H groups in total. The summed E-state index contributed by atoms with van der Waals surface area (Å²) in [5.41, 5.74) is 0.980. The van der Waals surface area contributed by atoms with Crippen molar-refractivity contribution in [3.05, 3.63) is 29.1 Å². The average molecular weight is 416 g/mol. The zero-order chi connectivity index (χ0) is 20.1. The SMILES string of the molecule is C#CCn1c(=NC(=O)CSCC(=O)N2C[C@@H](C)C[C@H](C)C2)sc2ccccc21. The van der Waals surface area contributed by atoms with Crippen molar-refractivity contribution in [2.24, 2.45) is 16.8 Å². The summed E-state index contributed by atoms with van der Waals surface area (Å²) < 4.78 is 2.92. The van der Waals surface area contributed by atoms with Gasteiger partial charge in [-0.1, -0.05) is 43.2 Å². The van der Waals surface area contributed by atoms with Gasteiger partial charge in [0, 0.05) is 13.1 Å². The molecule has 2 atom stereocenters. The molecule has 1 aromatic heterocycles. The quantitative estimate of drug-likeness (QED) is 0.706. The molecule has 148 valence electrons. The lowest BCUT2D eigenvalue weighted by Gasteiger charge is -2.35. The Morgan fingerprint density at radius 1 is 1.25 bits per heavy atom. The highest BCUT2D eigenvalue weighted by atomic mass is 32.2. The molecule has 5 nitrogen and oxygen atoms in total. The van der Waals surface area contributed by atoms with Crippen molar-refractivity contribution in [1.82, 2.24) is 9.47 Å². The molecule has 7 heteroatoms. The van der Waals surface area contributed by atoms with E-state index in [9.17, 15) is 9.59 Å². The van der Waals surface area contributed by atoms with E-state index in [1.165, 1.54) is 29.5 Å². The molecule has 28 heavy (non-hydrogen) atoms. The molecule has 0 spiro atoms. The maximum atomic E-state index is 12.4. The summed E-state index contributed by atoms with van der Waals surface area (Å²) in [6.07, 6.45) is 6.64. The van der Waals surface area contributed by atoms with E-state index < -0.39 is 0 Å². The lowest BCUT2D eigenvalue weighted by molar-refractivity contribution is -0.130. The van der Waals surface area contributed by atoms with Gasteiger partial charge in [-0.3, -0.25) is 9.59 Å². The predicted molar refractivity (Wildman–Crippen MR) is 116 cm³/mol. The fourth-order valence-corrected chi connectivity index (χ4v) is 5.42. The second-order valence-electron chi connectivity index (χ2n) is 7.39. The fourth-order valence-electron chi connectivity index (χ4n) is 3.67. The topological polar surface area (TPSA) is 54.7 Å². The highest BCUT2D eigenvalue weighted by molar-refractivity contribution is 8.00. The van der Waals surface area contributed by atoms with E-state index in [1.807, 2.05) is 33.7 Å². The second kappa shape index (κ2) is 9.44. The Morgan fingerprint density at radius 3 is 2.68 bits per heavy atom. The second-order valence-corrected chi connectivity index (χ2v) is 9.38. The molecule has 0 saturated carbocycles. The summed E-state index contributed by atoms with van der Waals surface area (Å²) in [7, 11) is 0. The molecule has 2 amide bonds. The van der Waals surface area contributed by atoms with Gasteiger partial charge in [0.2, 0.25) is 5.91 Å². The number of para-hydroxylation sites is 1. The van der Waals surface area contributed by atoms with Crippen LogP contribution in [0.15, 0.2) is 29.3 Å². The largest absolute Gasteiger partial charge is 0.341 e. The van der Waals surface area contributed by atoms with Gasteiger partial charge in [-0.2, -0.15) is 4.99 Å². The first kappa shape index (κ1) is 20.7. The van der Waals surface area contributed by atoms with Gasteiger partial charge < -0.3 is 9.47 Å². The molecule has 0 aliphatic carbocycles. The number of rotatable bonds is 5. The van der Waals surface area contributed by atoms with Crippen molar-refractivity contribution >= 4 is 45.1 Å². The fraction of sp³-hybridized carbons (Fsp3) is 0.476. The third-order valence-electron chi connectivity index (χ3n) is 4.73. The molecule has 2 aromatic rings.